The highest BCUT2D eigenvalue weighted by atomic mass is 31.2. The molecule has 0 aliphatic carbocycles. The second-order valence-electron chi connectivity index (χ2n) is 39.0. The molecule has 0 spiro atoms. The van der Waals surface area contributed by atoms with Crippen LogP contribution in [-0.2, 0) is 55.7 Å². The zero-order valence-electron chi connectivity index (χ0n) is 86.9. The summed E-state index contributed by atoms with van der Waals surface area (Å²) >= 11 is 0. The first-order valence-electron chi connectivity index (χ1n) is 53.6. The molecule has 6 atom stereocenters. The Labute approximate surface area is 792 Å². The van der Waals surface area contributed by atoms with E-state index in [4.69, 9.17) is 41.6 Å². The number of rotatable bonds is 93. The number of unbranched alkanes of at least 4 members (excludes halogenated alkanes) is 48. The van der Waals surface area contributed by atoms with E-state index < -0.39 is 45.8 Å². The van der Waals surface area contributed by atoms with Gasteiger partial charge >= 0.3 is 20.0 Å². The van der Waals surface area contributed by atoms with E-state index in [9.17, 15) is 28.8 Å². The first-order valence-corrected chi connectivity index (χ1v) is 56.2. The Hall–Kier alpha value is -2.74. The van der Waals surface area contributed by atoms with Gasteiger partial charge < -0.3 is 54.4 Å². The van der Waals surface area contributed by atoms with Crippen LogP contribution in [0.2, 0.25) is 0 Å². The van der Waals surface area contributed by atoms with Gasteiger partial charge in [0.15, 0.2) is 0 Å². The van der Waals surface area contributed by atoms with E-state index in [-0.39, 0.29) is 57.4 Å². The lowest BCUT2D eigenvalue weighted by molar-refractivity contribution is -0.123. The predicted molar refractivity (Wildman–Crippen MR) is 545 cm³/mol. The molecule has 0 saturated carbocycles. The fourth-order valence-electron chi connectivity index (χ4n) is 15.8. The molecule has 0 aliphatic rings. The minimum Gasteiger partial charge on any atom is -0.444 e. The summed E-state index contributed by atoms with van der Waals surface area (Å²) in [7, 11) is -5.26. The van der Waals surface area contributed by atoms with Gasteiger partial charge in [0.2, 0.25) is 11.8 Å². The van der Waals surface area contributed by atoms with Crippen LogP contribution in [0.4, 0.5) is 9.59 Å². The number of nitrogens with zero attached hydrogens (tertiary/aromatic N) is 1. The summed E-state index contributed by atoms with van der Waals surface area (Å²) in [5, 5.41) is 21.2. The Kier molecular flexibility index (Phi) is 97.0. The van der Waals surface area contributed by atoms with Gasteiger partial charge in [-0.3, -0.25) is 23.2 Å². The van der Waals surface area contributed by atoms with Crippen molar-refractivity contribution in [3.05, 3.63) is 25.3 Å². The lowest BCUT2D eigenvalue weighted by Gasteiger charge is -2.35. The maximum atomic E-state index is 13.6. The molecule has 5 N–H and O–H groups in total. The summed E-state index contributed by atoms with van der Waals surface area (Å²) < 4.78 is 67.0. The van der Waals surface area contributed by atoms with Crippen molar-refractivity contribution >= 4 is 40.3 Å². The van der Waals surface area contributed by atoms with E-state index in [0.717, 1.165) is 57.5 Å². The molecule has 4 amide bonds. The van der Waals surface area contributed by atoms with E-state index in [1.807, 2.05) is 20.8 Å². The van der Waals surface area contributed by atoms with Crippen LogP contribution in [0.25, 0.3) is 0 Å². The monoisotopic (exact) mass is 1860 g/mol. The molecule has 0 heterocycles. The molecule has 0 aliphatic heterocycles. The maximum Gasteiger partial charge on any atom is 0.475 e. The SMILES string of the molecule is C=CCOP(=O)(OCCNC(=O)OC(C)(C)C)OC[C@@H](COCC[C@H](CCCCCCC)CCCCCCCCCCCCC)NC(=O)CCCCCCCCCCCCC.C=CCOP(OCCNC(=O)OC(C)(C)C)N(C(C)C)C(C)C.CCCCCCCCCCCCCC(=O)N[C@@H](CO)COCC[C@H](CCCCCCC)CCCCCCCCCCCCC. The first-order chi connectivity index (χ1) is 61.7. The Morgan fingerprint density at radius 1 is 0.359 bits per heavy atom. The van der Waals surface area contributed by atoms with Crippen LogP contribution in [0.5, 0.6) is 0 Å². The fraction of sp³-hybridized carbons (Fsp3) is 0.925. The van der Waals surface area contributed by atoms with E-state index in [0.29, 0.717) is 63.8 Å². The quantitative estimate of drug-likeness (QED) is 0.0216. The Morgan fingerprint density at radius 2 is 0.648 bits per heavy atom. The van der Waals surface area contributed by atoms with Crippen molar-refractivity contribution in [3.8, 4) is 0 Å². The van der Waals surface area contributed by atoms with Gasteiger partial charge in [0, 0.05) is 51.2 Å². The topological polar surface area (TPSA) is 240 Å². The summed E-state index contributed by atoms with van der Waals surface area (Å²) in [4.78, 5) is 49.3. The molecular formula is C106H213N5O15P2. The van der Waals surface area contributed by atoms with Gasteiger partial charge in [0.1, 0.15) is 11.2 Å². The zero-order valence-corrected chi connectivity index (χ0v) is 88.7. The van der Waals surface area contributed by atoms with Crippen molar-refractivity contribution in [2.75, 3.05) is 79.2 Å². The number of ether oxygens (including phenoxy) is 4. The third-order valence-corrected chi connectivity index (χ3v) is 26.6. The Balaban J connectivity index is -0.00000202. The molecule has 22 heteroatoms. The van der Waals surface area contributed by atoms with Crippen molar-refractivity contribution in [1.82, 2.24) is 25.9 Å². The second kappa shape index (κ2) is 96.0. The number of phosphoric acid groups is 1. The number of hydrogen-bond acceptors (Lipinski definition) is 16. The number of carbonyl (C=O) groups excluding carboxylic acids is 4. The predicted octanol–water partition coefficient (Wildman–Crippen LogP) is 31.5. The van der Waals surface area contributed by atoms with Gasteiger partial charge in [-0.2, -0.15) is 0 Å². The molecule has 0 radical (unpaired) electrons. The molecule has 0 aromatic rings. The summed E-state index contributed by atoms with van der Waals surface area (Å²) in [5.41, 5.74) is -1.15. The van der Waals surface area contributed by atoms with Gasteiger partial charge in [-0.05, 0) is 107 Å². The summed E-state index contributed by atoms with van der Waals surface area (Å²) in [5.74, 6) is 1.36. The van der Waals surface area contributed by atoms with Crippen LogP contribution >= 0.6 is 16.3 Å². The number of aliphatic hydroxyl groups is 1. The zero-order chi connectivity index (χ0) is 95.4. The highest BCUT2D eigenvalue weighted by molar-refractivity contribution is 7.48. The molecule has 128 heavy (non-hydrogen) atoms. The Morgan fingerprint density at radius 3 is 0.945 bits per heavy atom. The van der Waals surface area contributed by atoms with E-state index in [2.05, 4.69) is 108 Å². The average molecular weight is 1860 g/mol. The van der Waals surface area contributed by atoms with Gasteiger partial charge in [-0.25, -0.2) is 18.8 Å². The molecule has 762 valence electrons. The third-order valence-electron chi connectivity index (χ3n) is 23.1. The number of hydrogen-bond donors (Lipinski definition) is 5. The molecule has 0 aromatic heterocycles. The highest BCUT2D eigenvalue weighted by Gasteiger charge is 2.31. The van der Waals surface area contributed by atoms with Crippen LogP contribution in [0.15, 0.2) is 25.3 Å². The normalized spacial score (nSPS) is 13.4. The number of alkyl carbamates (subject to hydrolysis) is 2. The highest BCUT2D eigenvalue weighted by Crippen LogP contribution is 2.49. The largest absolute Gasteiger partial charge is 0.475 e. The maximum absolute atomic E-state index is 13.6. The van der Waals surface area contributed by atoms with Gasteiger partial charge in [0.25, 0.3) is 8.53 Å². The molecular weight excluding hydrogens is 1650 g/mol. The molecule has 0 rings (SSSR count). The van der Waals surface area contributed by atoms with Crippen LogP contribution in [0, 0.1) is 11.8 Å². The van der Waals surface area contributed by atoms with Crippen LogP contribution in [-0.4, -0.2) is 148 Å². The molecule has 20 nitrogen and oxygen atoms in total. The van der Waals surface area contributed by atoms with Crippen molar-refractivity contribution in [2.24, 2.45) is 11.8 Å². The summed E-state index contributed by atoms with van der Waals surface area (Å²) in [6.45, 7) is 43.1. The molecule has 0 aromatic carbocycles. The number of phosphoric ester groups is 1. The summed E-state index contributed by atoms with van der Waals surface area (Å²) in [6, 6.07) is -0.229. The molecule has 0 bridgehead atoms. The smallest absolute Gasteiger partial charge is 0.444 e. The lowest BCUT2D eigenvalue weighted by Crippen LogP contribution is -2.41. The van der Waals surface area contributed by atoms with Crippen molar-refractivity contribution in [1.29, 1.82) is 0 Å². The van der Waals surface area contributed by atoms with Gasteiger partial charge in [0.05, 0.1) is 64.9 Å². The van der Waals surface area contributed by atoms with Crippen LogP contribution in [0.3, 0.4) is 0 Å². The number of carbonyl (C=O) groups is 4. The summed E-state index contributed by atoms with van der Waals surface area (Å²) in [6.07, 6.45) is 81.3. The van der Waals surface area contributed by atoms with Crippen molar-refractivity contribution in [2.45, 2.75) is 544 Å². The van der Waals surface area contributed by atoms with Crippen LogP contribution in [0.1, 0.15) is 509 Å². The number of amides is 4. The standard InChI is InChI=1S/C50H99N2O8P.C40H81NO3.C16H33N2O4P/c1-8-12-15-18-20-22-24-26-28-31-34-37-46(36-33-30-17-14-10-3)39-42-56-44-47(52-48(53)38-35-32-29-27-25-23-21-19-16-13-9-2)45-59-61(55,57-41-11-4)58-43-40-51-49(54)60-50(5,6)7;1-4-7-10-13-15-17-19-21-23-26-29-32-38(31-28-25-12-9-6-3)34-35-44-37-39(36-42)41-40(43)33-30-27-24-22-20-18-16-14-11-8-5-2;1-9-11-20-23(18(13(2)3)14(4)5)21-12-10-17-15(19)22-16(6,7)8/h11,46-47H,4,8-10,12-45H2,1-3,5-7H3,(H,51,54)(H,52,53);38-39,42H,4-37H2,1-3H3,(H,41,43);9,13-14H,1,10-12H2,2-8H3,(H,17,19)/t46-,47-,61?;38-,39+;/m11./s1. The van der Waals surface area contributed by atoms with Crippen LogP contribution < -0.4 is 21.3 Å². The van der Waals surface area contributed by atoms with E-state index in [1.165, 1.54) is 346 Å². The van der Waals surface area contributed by atoms with Crippen molar-refractivity contribution in [3.63, 3.8) is 0 Å². The number of nitrogens with one attached hydrogen (secondary N) is 4. The number of aliphatic hydroxyl groups excluding tert-OH is 1. The average Bonchev–Trinajstić information content (AvgIpc) is 0.879. The van der Waals surface area contributed by atoms with Crippen molar-refractivity contribution < 1.29 is 70.4 Å². The second-order valence-corrected chi connectivity index (χ2v) is 42.2. The Bertz CT molecular complexity index is 2450. The molecule has 0 saturated heterocycles. The minimum absolute atomic E-state index is 0.0426. The first kappa shape index (κ1) is 129. The van der Waals surface area contributed by atoms with Gasteiger partial charge in [-0.15, -0.1) is 13.2 Å². The van der Waals surface area contributed by atoms with E-state index >= 15 is 0 Å². The van der Waals surface area contributed by atoms with E-state index in [1.54, 1.807) is 26.8 Å². The molecule has 2 unspecified atom stereocenters. The van der Waals surface area contributed by atoms with Gasteiger partial charge in [-0.1, -0.05) is 413 Å². The molecule has 0 fully saturated rings. The minimum atomic E-state index is -4.06. The third kappa shape index (κ3) is 95.0. The lowest BCUT2D eigenvalue weighted by atomic mass is 9.91. The fourth-order valence-corrected chi connectivity index (χ4v) is 18.5.